The Morgan fingerprint density at radius 1 is 0.912 bits per heavy atom. The molecule has 5 rings (SSSR count). The van der Waals surface area contributed by atoms with Crippen LogP contribution in [0.25, 0.3) is 5.70 Å². The number of hydrogen-bond acceptors (Lipinski definition) is 4. The highest BCUT2D eigenvalue weighted by molar-refractivity contribution is 6.30. The predicted molar refractivity (Wildman–Crippen MR) is 130 cm³/mol. The molecular weight excluding hydrogens is 454 g/mol. The summed E-state index contributed by atoms with van der Waals surface area (Å²) in [7, 11) is 2.93. The average molecular weight is 476 g/mol. The van der Waals surface area contributed by atoms with Crippen molar-refractivity contribution in [2.24, 2.45) is 20.0 Å². The zero-order valence-electron chi connectivity index (χ0n) is 19.1. The first-order chi connectivity index (χ1) is 16.1. The van der Waals surface area contributed by atoms with Gasteiger partial charge in [0.1, 0.15) is 5.82 Å². The number of ketones is 1. The maximum absolute atomic E-state index is 13.8. The molecular formula is C26H22ClN3O4. The molecule has 0 radical (unpaired) electrons. The zero-order valence-corrected chi connectivity index (χ0v) is 19.9. The lowest BCUT2D eigenvalue weighted by atomic mass is 9.80. The molecule has 1 aliphatic carbocycles. The van der Waals surface area contributed by atoms with E-state index < -0.39 is 23.1 Å². The standard InChI is InChI=1S/C26H22ClN3O4/c1-13(2)24(32)30-21-16-7-5-6-8-17(16)22(31)19(21)18(14-9-11-15(27)12-10-14)20-23(30)28(3)26(34)29(4)25(20)33/h5-13,18H,1-4H3/t18-/m0/s1. The van der Waals surface area contributed by atoms with E-state index in [-0.39, 0.29) is 23.1 Å². The van der Waals surface area contributed by atoms with Crippen LogP contribution in [0.1, 0.15) is 46.8 Å². The molecule has 0 spiro atoms. The van der Waals surface area contributed by atoms with Gasteiger partial charge in [-0.1, -0.05) is 61.8 Å². The SMILES string of the molecule is CC(C)C(=O)N1C2=C(C(=O)c3ccccc32)[C@H](c2ccc(Cl)cc2)c2c1n(C)c(=O)n(C)c2=O. The summed E-state index contributed by atoms with van der Waals surface area (Å²) >= 11 is 6.12. The molecule has 2 aliphatic rings. The van der Waals surface area contributed by atoms with E-state index in [1.807, 2.05) is 0 Å². The number of aromatic nitrogens is 2. The van der Waals surface area contributed by atoms with Crippen LogP contribution in [0.3, 0.4) is 0 Å². The molecule has 0 saturated carbocycles. The van der Waals surface area contributed by atoms with Gasteiger partial charge in [0.15, 0.2) is 5.78 Å². The van der Waals surface area contributed by atoms with Crippen LogP contribution >= 0.6 is 11.6 Å². The number of halogens is 1. The van der Waals surface area contributed by atoms with Gasteiger partial charge in [-0.25, -0.2) is 4.79 Å². The second kappa shape index (κ2) is 7.67. The highest BCUT2D eigenvalue weighted by atomic mass is 35.5. The van der Waals surface area contributed by atoms with E-state index in [0.29, 0.717) is 33.0 Å². The summed E-state index contributed by atoms with van der Waals surface area (Å²) in [5.74, 6) is -1.58. The number of benzene rings is 2. The van der Waals surface area contributed by atoms with E-state index in [0.717, 1.165) is 4.57 Å². The van der Waals surface area contributed by atoms with Crippen molar-refractivity contribution in [1.82, 2.24) is 9.13 Å². The molecule has 7 nitrogen and oxygen atoms in total. The van der Waals surface area contributed by atoms with Gasteiger partial charge in [-0.15, -0.1) is 0 Å². The number of Topliss-reactive ketones (excluding diaryl/α,β-unsaturated/α-hetero) is 1. The Bertz CT molecular complexity index is 1540. The van der Waals surface area contributed by atoms with Crippen molar-refractivity contribution in [3.8, 4) is 0 Å². The lowest BCUT2D eigenvalue weighted by molar-refractivity contribution is -0.120. The molecule has 172 valence electrons. The van der Waals surface area contributed by atoms with Crippen LogP contribution in [0.2, 0.25) is 5.02 Å². The average Bonchev–Trinajstić information content (AvgIpc) is 3.12. The number of allylic oxidation sites excluding steroid dienone is 1. The second-order valence-corrected chi connectivity index (χ2v) is 9.33. The summed E-state index contributed by atoms with van der Waals surface area (Å²) in [4.78, 5) is 55.4. The van der Waals surface area contributed by atoms with Crippen LogP contribution in [0.4, 0.5) is 5.82 Å². The Balaban J connectivity index is 1.98. The Morgan fingerprint density at radius 2 is 1.53 bits per heavy atom. The zero-order chi connectivity index (χ0) is 24.5. The number of fused-ring (bicyclic) bond motifs is 3. The molecule has 0 N–H and O–H groups in total. The molecule has 2 aromatic carbocycles. The summed E-state index contributed by atoms with van der Waals surface area (Å²) in [5.41, 5.74) is 1.62. The molecule has 1 atom stereocenters. The third-order valence-corrected chi connectivity index (χ3v) is 6.78. The second-order valence-electron chi connectivity index (χ2n) is 8.89. The number of nitrogens with zero attached hydrogens (tertiary/aromatic N) is 3. The minimum Gasteiger partial charge on any atom is -0.289 e. The fourth-order valence-electron chi connectivity index (χ4n) is 4.89. The molecule has 0 bridgehead atoms. The van der Waals surface area contributed by atoms with Gasteiger partial charge in [-0.05, 0) is 17.7 Å². The number of rotatable bonds is 2. The predicted octanol–water partition coefficient (Wildman–Crippen LogP) is 3.48. The third-order valence-electron chi connectivity index (χ3n) is 6.52. The minimum absolute atomic E-state index is 0.190. The molecule has 0 unspecified atom stereocenters. The number of anilines is 1. The normalized spacial score (nSPS) is 16.6. The van der Waals surface area contributed by atoms with Crippen LogP contribution in [-0.2, 0) is 18.9 Å². The van der Waals surface area contributed by atoms with E-state index in [1.54, 1.807) is 62.4 Å². The van der Waals surface area contributed by atoms with Gasteiger partial charge in [-0.3, -0.25) is 28.4 Å². The summed E-state index contributed by atoms with van der Waals surface area (Å²) in [6.07, 6.45) is 0. The first-order valence-corrected chi connectivity index (χ1v) is 11.3. The first kappa shape index (κ1) is 22.1. The van der Waals surface area contributed by atoms with Gasteiger partial charge in [0.05, 0.1) is 11.3 Å². The highest BCUT2D eigenvalue weighted by Gasteiger charge is 2.47. The maximum Gasteiger partial charge on any atom is 0.332 e. The van der Waals surface area contributed by atoms with Crippen LogP contribution in [-0.4, -0.2) is 20.8 Å². The van der Waals surface area contributed by atoms with Crippen molar-refractivity contribution in [3.05, 3.63) is 102 Å². The number of amides is 1. The Labute approximate surface area is 200 Å². The van der Waals surface area contributed by atoms with E-state index >= 15 is 0 Å². The Hall–Kier alpha value is -3.71. The lowest BCUT2D eigenvalue weighted by Gasteiger charge is -2.37. The number of carbonyl (C=O) groups is 2. The summed E-state index contributed by atoms with van der Waals surface area (Å²) in [5, 5.41) is 0.514. The summed E-state index contributed by atoms with van der Waals surface area (Å²) in [6.45, 7) is 3.49. The molecule has 1 aliphatic heterocycles. The molecule has 8 heteroatoms. The van der Waals surface area contributed by atoms with Crippen LogP contribution in [0.5, 0.6) is 0 Å². The Morgan fingerprint density at radius 3 is 2.15 bits per heavy atom. The van der Waals surface area contributed by atoms with E-state index in [4.69, 9.17) is 11.6 Å². The van der Waals surface area contributed by atoms with Crippen LogP contribution < -0.4 is 16.1 Å². The fourth-order valence-corrected chi connectivity index (χ4v) is 5.01. The van der Waals surface area contributed by atoms with Crippen LogP contribution in [0, 0.1) is 5.92 Å². The van der Waals surface area contributed by atoms with Crippen molar-refractivity contribution in [2.75, 3.05) is 4.90 Å². The number of hydrogen-bond donors (Lipinski definition) is 0. The van der Waals surface area contributed by atoms with E-state index in [2.05, 4.69) is 0 Å². The molecule has 0 saturated heterocycles. The highest BCUT2D eigenvalue weighted by Crippen LogP contribution is 2.51. The number of carbonyl (C=O) groups excluding carboxylic acids is 2. The maximum atomic E-state index is 13.8. The molecule has 3 aromatic rings. The largest absolute Gasteiger partial charge is 0.332 e. The lowest BCUT2D eigenvalue weighted by Crippen LogP contribution is -2.48. The monoisotopic (exact) mass is 475 g/mol. The molecule has 1 amide bonds. The molecule has 0 fully saturated rings. The quantitative estimate of drug-likeness (QED) is 0.568. The first-order valence-electron chi connectivity index (χ1n) is 10.9. The van der Waals surface area contributed by atoms with Crippen molar-refractivity contribution in [2.45, 2.75) is 19.8 Å². The summed E-state index contributed by atoms with van der Waals surface area (Å²) in [6, 6.07) is 14.0. The van der Waals surface area contributed by atoms with Gasteiger partial charge in [0, 0.05) is 47.7 Å². The van der Waals surface area contributed by atoms with Gasteiger partial charge >= 0.3 is 5.69 Å². The van der Waals surface area contributed by atoms with E-state index in [9.17, 15) is 19.2 Å². The van der Waals surface area contributed by atoms with Gasteiger partial charge in [0.2, 0.25) is 5.91 Å². The molecule has 34 heavy (non-hydrogen) atoms. The van der Waals surface area contributed by atoms with E-state index in [1.165, 1.54) is 23.6 Å². The van der Waals surface area contributed by atoms with Gasteiger partial charge in [0.25, 0.3) is 5.56 Å². The third kappa shape index (κ3) is 2.90. The summed E-state index contributed by atoms with van der Waals surface area (Å²) < 4.78 is 2.33. The molecule has 1 aromatic heterocycles. The topological polar surface area (TPSA) is 81.4 Å². The van der Waals surface area contributed by atoms with Gasteiger partial charge in [-0.2, -0.15) is 0 Å². The smallest absolute Gasteiger partial charge is 0.289 e. The molecule has 2 heterocycles. The minimum atomic E-state index is -0.774. The van der Waals surface area contributed by atoms with Crippen molar-refractivity contribution < 1.29 is 9.59 Å². The fraction of sp³-hybridized carbons (Fsp3) is 0.231. The van der Waals surface area contributed by atoms with Crippen molar-refractivity contribution >= 4 is 34.8 Å². The van der Waals surface area contributed by atoms with Gasteiger partial charge < -0.3 is 0 Å². The van der Waals surface area contributed by atoms with Crippen molar-refractivity contribution in [1.29, 1.82) is 0 Å². The van der Waals surface area contributed by atoms with Crippen LogP contribution in [0.15, 0.2) is 63.7 Å². The Kier molecular flexibility index (Phi) is 4.98. The van der Waals surface area contributed by atoms with Crippen molar-refractivity contribution in [3.63, 3.8) is 0 Å².